The molecule has 1 aromatic carbocycles. The molecule has 0 aliphatic heterocycles. The minimum absolute atomic E-state index is 0.438. The first-order chi connectivity index (χ1) is 8.43. The molecule has 0 radical (unpaired) electrons. The van der Waals surface area contributed by atoms with Gasteiger partial charge < -0.3 is 19.8 Å². The molecule has 0 aliphatic rings. The van der Waals surface area contributed by atoms with Gasteiger partial charge in [0.15, 0.2) is 0 Å². The molecule has 0 spiro atoms. The molecule has 0 saturated carbocycles. The van der Waals surface area contributed by atoms with E-state index in [0.717, 1.165) is 5.69 Å². The van der Waals surface area contributed by atoms with E-state index in [2.05, 4.69) is 0 Å². The van der Waals surface area contributed by atoms with E-state index in [1.54, 1.807) is 33.1 Å². The predicted octanol–water partition coefficient (Wildman–Crippen LogP) is 1.92. The fourth-order valence-electron chi connectivity index (χ4n) is 1.78. The second kappa shape index (κ2) is 6.83. The first-order valence-corrected chi connectivity index (χ1v) is 6.26. The lowest BCUT2D eigenvalue weighted by atomic mass is 10.2. The quantitative estimate of drug-likeness (QED) is 0.831. The van der Waals surface area contributed by atoms with Gasteiger partial charge in [-0.3, -0.25) is 0 Å². The summed E-state index contributed by atoms with van der Waals surface area (Å²) in [6.45, 7) is 4.29. The maximum Gasteiger partial charge on any atom is 0.137 e. The van der Waals surface area contributed by atoms with Crippen LogP contribution in [0.5, 0.6) is 5.75 Å². The Morgan fingerprint density at radius 1 is 1.22 bits per heavy atom. The van der Waals surface area contributed by atoms with Crippen LogP contribution in [0.4, 0.5) is 5.69 Å². The highest BCUT2D eigenvalue weighted by Gasteiger charge is 2.13. The summed E-state index contributed by atoms with van der Waals surface area (Å²) in [6.07, 6.45) is -0.964. The Labute approximate surface area is 113 Å². The zero-order valence-electron chi connectivity index (χ0n) is 10.9. The van der Waals surface area contributed by atoms with E-state index in [-0.39, 0.29) is 0 Å². The molecule has 0 bridgehead atoms. The van der Waals surface area contributed by atoms with Crippen molar-refractivity contribution in [3.05, 3.63) is 23.2 Å². The number of benzene rings is 1. The number of methoxy groups -OCH3 is 1. The summed E-state index contributed by atoms with van der Waals surface area (Å²) < 4.78 is 5.09. The molecule has 18 heavy (non-hydrogen) atoms. The predicted molar refractivity (Wildman–Crippen MR) is 73.6 cm³/mol. The molecule has 2 unspecified atom stereocenters. The zero-order chi connectivity index (χ0) is 13.7. The average Bonchev–Trinajstić information content (AvgIpc) is 2.26. The summed E-state index contributed by atoms with van der Waals surface area (Å²) in [6, 6.07) is 5.40. The van der Waals surface area contributed by atoms with Gasteiger partial charge in [-0.1, -0.05) is 11.6 Å². The number of anilines is 1. The van der Waals surface area contributed by atoms with Crippen LogP contribution in [-0.2, 0) is 0 Å². The van der Waals surface area contributed by atoms with Crippen LogP contribution < -0.4 is 9.64 Å². The van der Waals surface area contributed by atoms with Crippen molar-refractivity contribution in [1.82, 2.24) is 0 Å². The number of nitrogens with zero attached hydrogens (tertiary/aromatic N) is 1. The van der Waals surface area contributed by atoms with E-state index < -0.39 is 12.2 Å². The van der Waals surface area contributed by atoms with Crippen molar-refractivity contribution in [3.63, 3.8) is 0 Å². The van der Waals surface area contributed by atoms with Gasteiger partial charge in [0.05, 0.1) is 24.3 Å². The Balaban J connectivity index is 2.93. The zero-order valence-corrected chi connectivity index (χ0v) is 11.7. The third-order valence-electron chi connectivity index (χ3n) is 2.47. The molecule has 0 aromatic heterocycles. The third kappa shape index (κ3) is 4.37. The number of ether oxygens (including phenoxy) is 1. The lowest BCUT2D eigenvalue weighted by Crippen LogP contribution is -2.36. The third-order valence-corrected chi connectivity index (χ3v) is 2.77. The van der Waals surface area contributed by atoms with Crippen LogP contribution in [0.3, 0.4) is 0 Å². The summed E-state index contributed by atoms with van der Waals surface area (Å²) in [7, 11) is 1.56. The topological polar surface area (TPSA) is 52.9 Å². The van der Waals surface area contributed by atoms with Gasteiger partial charge in [0, 0.05) is 18.8 Å². The molecule has 0 fully saturated rings. The summed E-state index contributed by atoms with van der Waals surface area (Å²) in [4.78, 5) is 1.89. The van der Waals surface area contributed by atoms with Gasteiger partial charge >= 0.3 is 0 Å². The molecule has 2 atom stereocenters. The minimum atomic E-state index is -0.482. The normalized spacial score (nSPS) is 14.1. The number of rotatable bonds is 6. The van der Waals surface area contributed by atoms with Crippen molar-refractivity contribution in [2.45, 2.75) is 26.1 Å². The van der Waals surface area contributed by atoms with Gasteiger partial charge in [0.2, 0.25) is 0 Å². The van der Waals surface area contributed by atoms with Crippen molar-refractivity contribution in [1.29, 1.82) is 0 Å². The minimum Gasteiger partial charge on any atom is -0.495 e. The maximum absolute atomic E-state index is 9.49. The van der Waals surface area contributed by atoms with Crippen molar-refractivity contribution in [2.75, 3.05) is 25.1 Å². The highest BCUT2D eigenvalue weighted by atomic mass is 35.5. The molecule has 1 aromatic rings. The SMILES string of the molecule is COc1ccc(N(CC(C)O)CC(C)O)cc1Cl. The summed E-state index contributed by atoms with van der Waals surface area (Å²) in [5, 5.41) is 19.5. The molecule has 2 N–H and O–H groups in total. The van der Waals surface area contributed by atoms with Crippen molar-refractivity contribution < 1.29 is 14.9 Å². The molecule has 0 heterocycles. The standard InChI is InChI=1S/C13H20ClNO3/c1-9(16)7-15(8-10(2)17)11-4-5-13(18-3)12(14)6-11/h4-6,9-10,16-17H,7-8H2,1-3H3. The van der Waals surface area contributed by atoms with Crippen LogP contribution in [0.1, 0.15) is 13.8 Å². The molecular formula is C13H20ClNO3. The van der Waals surface area contributed by atoms with Gasteiger partial charge in [0.1, 0.15) is 5.75 Å². The van der Waals surface area contributed by atoms with E-state index in [1.165, 1.54) is 0 Å². The van der Waals surface area contributed by atoms with Crippen LogP contribution in [0.2, 0.25) is 5.02 Å². The molecule has 0 amide bonds. The van der Waals surface area contributed by atoms with Crippen molar-refractivity contribution in [3.8, 4) is 5.75 Å². The number of aliphatic hydroxyl groups excluding tert-OH is 2. The fraction of sp³-hybridized carbons (Fsp3) is 0.538. The molecule has 5 heteroatoms. The Morgan fingerprint density at radius 3 is 2.17 bits per heavy atom. The first-order valence-electron chi connectivity index (χ1n) is 5.88. The van der Waals surface area contributed by atoms with E-state index in [9.17, 15) is 10.2 Å². The molecule has 1 rings (SSSR count). The largest absolute Gasteiger partial charge is 0.495 e. The Kier molecular flexibility index (Phi) is 5.72. The first kappa shape index (κ1) is 15.1. The van der Waals surface area contributed by atoms with Gasteiger partial charge in [-0.05, 0) is 32.0 Å². The van der Waals surface area contributed by atoms with Crippen LogP contribution in [-0.4, -0.2) is 42.6 Å². The Bertz CT molecular complexity index is 372. The van der Waals surface area contributed by atoms with Crippen LogP contribution in [0, 0.1) is 0 Å². The van der Waals surface area contributed by atoms with Gasteiger partial charge in [-0.2, -0.15) is 0 Å². The number of halogens is 1. The molecule has 0 aliphatic carbocycles. The number of hydrogen-bond acceptors (Lipinski definition) is 4. The number of hydrogen-bond donors (Lipinski definition) is 2. The van der Waals surface area contributed by atoms with E-state index >= 15 is 0 Å². The van der Waals surface area contributed by atoms with Gasteiger partial charge in [-0.15, -0.1) is 0 Å². The lowest BCUT2D eigenvalue weighted by molar-refractivity contribution is 0.178. The fourth-order valence-corrected chi connectivity index (χ4v) is 2.03. The second-order valence-corrected chi connectivity index (χ2v) is 4.83. The van der Waals surface area contributed by atoms with Crippen LogP contribution >= 0.6 is 11.6 Å². The molecule has 0 saturated heterocycles. The second-order valence-electron chi connectivity index (χ2n) is 4.42. The van der Waals surface area contributed by atoms with Gasteiger partial charge in [-0.25, -0.2) is 0 Å². The monoisotopic (exact) mass is 273 g/mol. The van der Waals surface area contributed by atoms with E-state index in [4.69, 9.17) is 16.3 Å². The summed E-state index contributed by atoms with van der Waals surface area (Å²) in [5.74, 6) is 0.606. The maximum atomic E-state index is 9.49. The van der Waals surface area contributed by atoms with Gasteiger partial charge in [0.25, 0.3) is 0 Å². The molecule has 102 valence electrons. The highest BCUT2D eigenvalue weighted by molar-refractivity contribution is 6.32. The number of aliphatic hydroxyl groups is 2. The smallest absolute Gasteiger partial charge is 0.137 e. The molecule has 4 nitrogen and oxygen atoms in total. The Morgan fingerprint density at radius 2 is 1.78 bits per heavy atom. The van der Waals surface area contributed by atoms with Crippen LogP contribution in [0.25, 0.3) is 0 Å². The average molecular weight is 274 g/mol. The van der Waals surface area contributed by atoms with Crippen molar-refractivity contribution >= 4 is 17.3 Å². The summed E-state index contributed by atoms with van der Waals surface area (Å²) >= 11 is 6.07. The molecular weight excluding hydrogens is 254 g/mol. The highest BCUT2D eigenvalue weighted by Crippen LogP contribution is 2.29. The lowest BCUT2D eigenvalue weighted by Gasteiger charge is -2.27. The van der Waals surface area contributed by atoms with E-state index in [0.29, 0.717) is 23.9 Å². The van der Waals surface area contributed by atoms with Crippen molar-refractivity contribution in [2.24, 2.45) is 0 Å². The van der Waals surface area contributed by atoms with E-state index in [1.807, 2.05) is 11.0 Å². The van der Waals surface area contributed by atoms with Crippen LogP contribution in [0.15, 0.2) is 18.2 Å². The Hall–Kier alpha value is -0.970. The summed E-state index contributed by atoms with van der Waals surface area (Å²) in [5.41, 5.74) is 0.850.